The Morgan fingerprint density at radius 2 is 2.06 bits per heavy atom. The van der Waals surface area contributed by atoms with Gasteiger partial charge in [-0.25, -0.2) is 13.8 Å². The number of hydrogen-bond donors (Lipinski definition) is 1. The van der Waals surface area contributed by atoms with Crippen LogP contribution in [-0.2, 0) is 6.54 Å². The molecule has 1 heterocycles. The Morgan fingerprint density at radius 1 is 1.33 bits per heavy atom. The number of aromatic nitrogens is 2. The molecule has 0 aliphatic rings. The Bertz CT molecular complexity index is 563. The summed E-state index contributed by atoms with van der Waals surface area (Å²) in [5.74, 6) is -0.973. The molecule has 1 aromatic heterocycles. The summed E-state index contributed by atoms with van der Waals surface area (Å²) in [6, 6.07) is 2.71. The minimum absolute atomic E-state index is 0.181. The summed E-state index contributed by atoms with van der Waals surface area (Å²) >= 11 is 0. The molecule has 5 heteroatoms. The van der Waals surface area contributed by atoms with Gasteiger partial charge in [-0.2, -0.15) is 0 Å². The first-order chi connectivity index (χ1) is 8.49. The molecule has 0 bridgehead atoms. The average Bonchev–Trinajstić information content (AvgIpc) is 2.64. The summed E-state index contributed by atoms with van der Waals surface area (Å²) in [6.45, 7) is 4.17. The zero-order valence-corrected chi connectivity index (χ0v) is 10.3. The number of aryl methyl sites for hydroxylation is 1. The fraction of sp³-hybridized carbons (Fsp3) is 0.308. The monoisotopic (exact) mass is 251 g/mol. The smallest absolute Gasteiger partial charge is 0.128 e. The van der Waals surface area contributed by atoms with E-state index in [0.29, 0.717) is 6.54 Å². The van der Waals surface area contributed by atoms with Crippen molar-refractivity contribution in [3.05, 3.63) is 53.1 Å². The van der Waals surface area contributed by atoms with Gasteiger partial charge in [0.05, 0.1) is 18.1 Å². The molecule has 2 aromatic rings. The molecule has 3 nitrogen and oxygen atoms in total. The van der Waals surface area contributed by atoms with Crippen molar-refractivity contribution in [3.63, 3.8) is 0 Å². The second-order valence-corrected chi connectivity index (χ2v) is 4.34. The quantitative estimate of drug-likeness (QED) is 0.910. The molecular formula is C13H15F2N3. The second-order valence-electron chi connectivity index (χ2n) is 4.34. The minimum Gasteiger partial charge on any atom is -0.333 e. The zero-order chi connectivity index (χ0) is 13.3. The van der Waals surface area contributed by atoms with Crippen molar-refractivity contribution >= 4 is 0 Å². The normalized spacial score (nSPS) is 12.7. The lowest BCUT2D eigenvalue weighted by Gasteiger charge is -2.15. The summed E-state index contributed by atoms with van der Waals surface area (Å²) in [6.07, 6.45) is 1.65. The van der Waals surface area contributed by atoms with E-state index in [-0.39, 0.29) is 5.56 Å². The van der Waals surface area contributed by atoms with Crippen molar-refractivity contribution in [1.82, 2.24) is 9.55 Å². The Morgan fingerprint density at radius 3 is 2.67 bits per heavy atom. The Labute approximate surface area is 104 Å². The van der Waals surface area contributed by atoms with Gasteiger partial charge in [0.1, 0.15) is 11.6 Å². The SMILES string of the molecule is Cc1ncn(CC(N)c2cc(F)ccc2F)c1C. The first kappa shape index (κ1) is 12.7. The lowest BCUT2D eigenvalue weighted by atomic mass is 10.1. The number of hydrogen-bond acceptors (Lipinski definition) is 2. The molecule has 1 aromatic carbocycles. The average molecular weight is 251 g/mol. The highest BCUT2D eigenvalue weighted by atomic mass is 19.1. The van der Waals surface area contributed by atoms with Gasteiger partial charge < -0.3 is 10.3 Å². The molecule has 2 rings (SSSR count). The van der Waals surface area contributed by atoms with Gasteiger partial charge in [-0.3, -0.25) is 0 Å². The van der Waals surface area contributed by atoms with Crippen LogP contribution in [0.1, 0.15) is 23.0 Å². The summed E-state index contributed by atoms with van der Waals surface area (Å²) in [4.78, 5) is 4.14. The molecule has 0 radical (unpaired) electrons. The lowest BCUT2D eigenvalue weighted by molar-refractivity contribution is 0.517. The van der Waals surface area contributed by atoms with Gasteiger partial charge in [-0.1, -0.05) is 0 Å². The standard InChI is InChI=1S/C13H15F2N3/c1-8-9(2)18(7-17-8)6-13(16)11-5-10(14)3-4-12(11)15/h3-5,7,13H,6,16H2,1-2H3. The number of nitrogens with two attached hydrogens (primary N) is 1. The van der Waals surface area contributed by atoms with Gasteiger partial charge >= 0.3 is 0 Å². The molecule has 0 amide bonds. The molecule has 0 saturated heterocycles. The van der Waals surface area contributed by atoms with E-state index in [0.717, 1.165) is 29.6 Å². The highest BCUT2D eigenvalue weighted by Crippen LogP contribution is 2.19. The van der Waals surface area contributed by atoms with E-state index >= 15 is 0 Å². The fourth-order valence-corrected chi connectivity index (χ4v) is 1.84. The van der Waals surface area contributed by atoms with Gasteiger partial charge in [-0.15, -0.1) is 0 Å². The van der Waals surface area contributed by atoms with Crippen LogP contribution in [-0.4, -0.2) is 9.55 Å². The van der Waals surface area contributed by atoms with Crippen molar-refractivity contribution in [1.29, 1.82) is 0 Å². The molecule has 1 unspecified atom stereocenters. The van der Waals surface area contributed by atoms with Crippen LogP contribution in [0.2, 0.25) is 0 Å². The third-order valence-electron chi connectivity index (χ3n) is 3.10. The lowest BCUT2D eigenvalue weighted by Crippen LogP contribution is -2.19. The zero-order valence-electron chi connectivity index (χ0n) is 10.3. The maximum absolute atomic E-state index is 13.6. The predicted octanol–water partition coefficient (Wildman–Crippen LogP) is 2.48. The maximum Gasteiger partial charge on any atom is 0.128 e. The number of nitrogens with zero attached hydrogens (tertiary/aromatic N) is 2. The van der Waals surface area contributed by atoms with E-state index < -0.39 is 17.7 Å². The number of benzene rings is 1. The summed E-state index contributed by atoms with van der Waals surface area (Å²) in [5, 5.41) is 0. The number of rotatable bonds is 3. The van der Waals surface area contributed by atoms with Crippen LogP contribution in [0, 0.1) is 25.5 Å². The van der Waals surface area contributed by atoms with Crippen molar-refractivity contribution in [2.75, 3.05) is 0 Å². The first-order valence-electron chi connectivity index (χ1n) is 5.68. The fourth-order valence-electron chi connectivity index (χ4n) is 1.84. The second kappa shape index (κ2) is 4.86. The van der Waals surface area contributed by atoms with Crippen molar-refractivity contribution in [2.45, 2.75) is 26.4 Å². The van der Waals surface area contributed by atoms with Crippen molar-refractivity contribution in [2.24, 2.45) is 5.73 Å². The van der Waals surface area contributed by atoms with Gasteiger partial charge in [-0.05, 0) is 32.0 Å². The number of imidazole rings is 1. The summed E-state index contributed by atoms with van der Waals surface area (Å²) < 4.78 is 28.5. The molecule has 96 valence electrons. The van der Waals surface area contributed by atoms with E-state index in [1.54, 1.807) is 6.33 Å². The topological polar surface area (TPSA) is 43.8 Å². The molecule has 0 spiro atoms. The van der Waals surface area contributed by atoms with Crippen LogP contribution in [0.15, 0.2) is 24.5 Å². The number of halogens is 2. The predicted molar refractivity (Wildman–Crippen MR) is 65.0 cm³/mol. The van der Waals surface area contributed by atoms with Crippen molar-refractivity contribution in [3.8, 4) is 0 Å². The molecule has 1 atom stereocenters. The first-order valence-corrected chi connectivity index (χ1v) is 5.68. The molecule has 0 aliphatic heterocycles. The molecule has 0 aliphatic carbocycles. The van der Waals surface area contributed by atoms with Crippen LogP contribution in [0.25, 0.3) is 0 Å². The van der Waals surface area contributed by atoms with Crippen LogP contribution in [0.5, 0.6) is 0 Å². The minimum atomic E-state index is -0.604. The largest absolute Gasteiger partial charge is 0.333 e. The Balaban J connectivity index is 2.24. The van der Waals surface area contributed by atoms with Gasteiger partial charge in [0, 0.05) is 17.8 Å². The van der Waals surface area contributed by atoms with Crippen LogP contribution in [0.3, 0.4) is 0 Å². The summed E-state index contributed by atoms with van der Waals surface area (Å²) in [7, 11) is 0. The Kier molecular flexibility index (Phi) is 3.43. The van der Waals surface area contributed by atoms with Crippen molar-refractivity contribution < 1.29 is 8.78 Å². The third-order valence-corrected chi connectivity index (χ3v) is 3.10. The molecule has 18 heavy (non-hydrogen) atoms. The maximum atomic E-state index is 13.6. The molecular weight excluding hydrogens is 236 g/mol. The highest BCUT2D eigenvalue weighted by molar-refractivity contribution is 5.22. The van der Waals surface area contributed by atoms with E-state index in [4.69, 9.17) is 5.73 Å². The van der Waals surface area contributed by atoms with E-state index in [2.05, 4.69) is 4.98 Å². The third kappa shape index (κ3) is 2.41. The van der Waals surface area contributed by atoms with Gasteiger partial charge in [0.2, 0.25) is 0 Å². The highest BCUT2D eigenvalue weighted by Gasteiger charge is 2.14. The van der Waals surface area contributed by atoms with E-state index in [1.165, 1.54) is 0 Å². The Hall–Kier alpha value is -1.75. The van der Waals surface area contributed by atoms with E-state index in [1.807, 2.05) is 18.4 Å². The van der Waals surface area contributed by atoms with Crippen LogP contribution in [0.4, 0.5) is 8.78 Å². The molecule has 0 saturated carbocycles. The molecule has 2 N–H and O–H groups in total. The van der Waals surface area contributed by atoms with Gasteiger partial charge in [0.15, 0.2) is 0 Å². The van der Waals surface area contributed by atoms with Crippen LogP contribution >= 0.6 is 0 Å². The molecule has 0 fully saturated rings. The van der Waals surface area contributed by atoms with Crippen LogP contribution < -0.4 is 5.73 Å². The van der Waals surface area contributed by atoms with E-state index in [9.17, 15) is 8.78 Å². The van der Waals surface area contributed by atoms with Gasteiger partial charge in [0.25, 0.3) is 0 Å². The summed E-state index contributed by atoms with van der Waals surface area (Å²) in [5.41, 5.74) is 7.98.